The van der Waals surface area contributed by atoms with Crippen molar-refractivity contribution in [2.75, 3.05) is 25.1 Å². The van der Waals surface area contributed by atoms with Crippen molar-refractivity contribution in [1.29, 1.82) is 0 Å². The van der Waals surface area contributed by atoms with Crippen LogP contribution in [-0.4, -0.2) is 36.1 Å². The van der Waals surface area contributed by atoms with Crippen LogP contribution in [0, 0.1) is 12.8 Å². The molecule has 1 atom stereocenters. The van der Waals surface area contributed by atoms with Crippen LogP contribution in [0.1, 0.15) is 35.0 Å². The van der Waals surface area contributed by atoms with Gasteiger partial charge in [-0.25, -0.2) is 14.8 Å². The van der Waals surface area contributed by atoms with Gasteiger partial charge >= 0.3 is 5.97 Å². The molecule has 0 N–H and O–H groups in total. The lowest BCUT2D eigenvalue weighted by Gasteiger charge is -2.32. The van der Waals surface area contributed by atoms with E-state index in [9.17, 15) is 4.79 Å². The number of fused-ring (bicyclic) bond motifs is 1. The van der Waals surface area contributed by atoms with Gasteiger partial charge in [-0.1, -0.05) is 6.92 Å². The molecular formula is C15H19N3O2S. The summed E-state index contributed by atoms with van der Waals surface area (Å²) in [7, 11) is 1.41. The number of aromatic nitrogens is 2. The third kappa shape index (κ3) is 2.48. The van der Waals surface area contributed by atoms with Crippen molar-refractivity contribution in [3.63, 3.8) is 0 Å². The largest absolute Gasteiger partial charge is 0.465 e. The Balaban J connectivity index is 2.11. The molecule has 112 valence electrons. The average Bonchev–Trinajstić information content (AvgIpc) is 2.84. The topological polar surface area (TPSA) is 55.3 Å². The van der Waals surface area contributed by atoms with E-state index in [1.54, 1.807) is 6.33 Å². The van der Waals surface area contributed by atoms with Crippen LogP contribution in [0.5, 0.6) is 0 Å². The molecule has 1 aliphatic heterocycles. The molecule has 5 nitrogen and oxygen atoms in total. The number of esters is 1. The van der Waals surface area contributed by atoms with E-state index < -0.39 is 0 Å². The van der Waals surface area contributed by atoms with E-state index in [1.807, 2.05) is 6.92 Å². The fourth-order valence-corrected chi connectivity index (χ4v) is 4.02. The normalized spacial score (nSPS) is 19.0. The van der Waals surface area contributed by atoms with Crippen LogP contribution in [0.2, 0.25) is 0 Å². The second kappa shape index (κ2) is 5.60. The third-order valence-corrected chi connectivity index (χ3v) is 5.21. The highest BCUT2D eigenvalue weighted by molar-refractivity contribution is 7.20. The molecule has 0 bridgehead atoms. The van der Waals surface area contributed by atoms with Crippen molar-refractivity contribution in [3.05, 3.63) is 16.8 Å². The van der Waals surface area contributed by atoms with Crippen LogP contribution >= 0.6 is 11.3 Å². The number of methoxy groups -OCH3 is 1. The van der Waals surface area contributed by atoms with Crippen molar-refractivity contribution < 1.29 is 9.53 Å². The summed E-state index contributed by atoms with van der Waals surface area (Å²) in [5, 5.41) is 0.997. The molecule has 1 unspecified atom stereocenters. The number of anilines is 1. The molecule has 6 heteroatoms. The maximum atomic E-state index is 11.9. The molecule has 1 saturated heterocycles. The highest BCUT2D eigenvalue weighted by Crippen LogP contribution is 2.36. The summed E-state index contributed by atoms with van der Waals surface area (Å²) in [6.07, 6.45) is 4.04. The molecule has 0 spiro atoms. The quantitative estimate of drug-likeness (QED) is 0.798. The van der Waals surface area contributed by atoms with Gasteiger partial charge < -0.3 is 9.64 Å². The third-order valence-electron chi connectivity index (χ3n) is 4.03. The van der Waals surface area contributed by atoms with Gasteiger partial charge in [0.15, 0.2) is 0 Å². The van der Waals surface area contributed by atoms with E-state index in [0.717, 1.165) is 34.7 Å². The number of hydrogen-bond donors (Lipinski definition) is 0. The first kappa shape index (κ1) is 14.3. The van der Waals surface area contributed by atoms with E-state index in [-0.39, 0.29) is 5.97 Å². The fraction of sp³-hybridized carbons (Fsp3) is 0.533. The maximum absolute atomic E-state index is 11.9. The van der Waals surface area contributed by atoms with Crippen molar-refractivity contribution in [2.24, 2.45) is 5.92 Å². The minimum Gasteiger partial charge on any atom is -0.465 e. The molecule has 0 aliphatic carbocycles. The van der Waals surface area contributed by atoms with Gasteiger partial charge in [-0.05, 0) is 31.2 Å². The molecular weight excluding hydrogens is 286 g/mol. The fourth-order valence-electron chi connectivity index (χ4n) is 2.96. The van der Waals surface area contributed by atoms with Crippen molar-refractivity contribution in [1.82, 2.24) is 9.97 Å². The van der Waals surface area contributed by atoms with Gasteiger partial charge in [0.1, 0.15) is 21.9 Å². The zero-order valence-corrected chi connectivity index (χ0v) is 13.4. The first-order valence-electron chi connectivity index (χ1n) is 7.19. The van der Waals surface area contributed by atoms with E-state index in [2.05, 4.69) is 21.8 Å². The standard InChI is InChI=1S/C15H19N3O2S/c1-9-5-4-6-18(7-9)13-11-10(2)12(15(19)20-3)21-14(11)17-8-16-13/h8-9H,4-7H2,1-3H3. The van der Waals surface area contributed by atoms with E-state index in [4.69, 9.17) is 4.74 Å². The average molecular weight is 305 g/mol. The zero-order valence-electron chi connectivity index (χ0n) is 12.5. The van der Waals surface area contributed by atoms with Crippen molar-refractivity contribution >= 4 is 33.3 Å². The Labute approximate surface area is 128 Å². The predicted molar refractivity (Wildman–Crippen MR) is 84.1 cm³/mol. The summed E-state index contributed by atoms with van der Waals surface area (Å²) in [4.78, 5) is 24.5. The Morgan fingerprint density at radius 3 is 3.00 bits per heavy atom. The number of piperidine rings is 1. The molecule has 21 heavy (non-hydrogen) atoms. The number of hydrogen-bond acceptors (Lipinski definition) is 6. The van der Waals surface area contributed by atoms with Gasteiger partial charge in [0.25, 0.3) is 0 Å². The van der Waals surface area contributed by atoms with Crippen LogP contribution in [0.3, 0.4) is 0 Å². The number of thiophene rings is 1. The SMILES string of the molecule is COC(=O)c1sc2ncnc(N3CCCC(C)C3)c2c1C. The Morgan fingerprint density at radius 2 is 2.29 bits per heavy atom. The Hall–Kier alpha value is -1.69. The minimum absolute atomic E-state index is 0.298. The molecule has 3 rings (SSSR count). The molecule has 0 amide bonds. The Bertz CT molecular complexity index is 683. The summed E-state index contributed by atoms with van der Waals surface area (Å²) in [6.45, 7) is 6.24. The summed E-state index contributed by atoms with van der Waals surface area (Å²) in [6, 6.07) is 0. The first-order valence-corrected chi connectivity index (χ1v) is 8.00. The van der Waals surface area contributed by atoms with Crippen LogP contribution in [0.25, 0.3) is 10.2 Å². The summed E-state index contributed by atoms with van der Waals surface area (Å²) >= 11 is 1.38. The van der Waals surface area contributed by atoms with Gasteiger partial charge in [-0.3, -0.25) is 0 Å². The monoisotopic (exact) mass is 305 g/mol. The molecule has 3 heterocycles. The molecule has 0 radical (unpaired) electrons. The lowest BCUT2D eigenvalue weighted by molar-refractivity contribution is 0.0605. The van der Waals surface area contributed by atoms with E-state index in [0.29, 0.717) is 10.8 Å². The zero-order chi connectivity index (χ0) is 15.0. The lowest BCUT2D eigenvalue weighted by Crippen LogP contribution is -2.35. The molecule has 0 aromatic carbocycles. The number of nitrogens with zero attached hydrogens (tertiary/aromatic N) is 3. The van der Waals surface area contributed by atoms with Gasteiger partial charge in [-0.15, -0.1) is 11.3 Å². The second-order valence-corrected chi connectivity index (χ2v) is 6.62. The molecule has 1 aliphatic rings. The number of rotatable bonds is 2. The summed E-state index contributed by atoms with van der Waals surface area (Å²) in [5.41, 5.74) is 0.927. The van der Waals surface area contributed by atoms with E-state index in [1.165, 1.54) is 31.3 Å². The molecule has 2 aromatic rings. The van der Waals surface area contributed by atoms with Crippen molar-refractivity contribution in [3.8, 4) is 0 Å². The first-order chi connectivity index (χ1) is 10.1. The van der Waals surface area contributed by atoms with Crippen LogP contribution in [0.4, 0.5) is 5.82 Å². The number of aryl methyl sites for hydroxylation is 1. The number of carbonyl (C=O) groups excluding carboxylic acids is 1. The highest BCUT2D eigenvalue weighted by atomic mass is 32.1. The van der Waals surface area contributed by atoms with Gasteiger partial charge in [0.2, 0.25) is 0 Å². The predicted octanol–water partition coefficient (Wildman–Crippen LogP) is 3.02. The van der Waals surface area contributed by atoms with Gasteiger partial charge in [0, 0.05) is 13.1 Å². The van der Waals surface area contributed by atoms with Gasteiger partial charge in [-0.2, -0.15) is 0 Å². The van der Waals surface area contributed by atoms with E-state index >= 15 is 0 Å². The minimum atomic E-state index is -0.298. The lowest BCUT2D eigenvalue weighted by atomic mass is 10.00. The highest BCUT2D eigenvalue weighted by Gasteiger charge is 2.24. The Kier molecular flexibility index (Phi) is 3.80. The summed E-state index contributed by atoms with van der Waals surface area (Å²) < 4.78 is 4.86. The number of ether oxygens (including phenoxy) is 1. The Morgan fingerprint density at radius 1 is 1.48 bits per heavy atom. The van der Waals surface area contributed by atoms with Crippen LogP contribution in [-0.2, 0) is 4.74 Å². The molecule has 0 saturated carbocycles. The smallest absolute Gasteiger partial charge is 0.348 e. The second-order valence-electron chi connectivity index (χ2n) is 5.62. The van der Waals surface area contributed by atoms with Crippen LogP contribution < -0.4 is 4.90 Å². The van der Waals surface area contributed by atoms with Gasteiger partial charge in [0.05, 0.1) is 12.5 Å². The molecule has 2 aromatic heterocycles. The van der Waals surface area contributed by atoms with Crippen molar-refractivity contribution in [2.45, 2.75) is 26.7 Å². The maximum Gasteiger partial charge on any atom is 0.348 e. The number of carbonyl (C=O) groups is 1. The summed E-state index contributed by atoms with van der Waals surface area (Å²) in [5.74, 6) is 1.33. The molecule has 1 fully saturated rings. The van der Waals surface area contributed by atoms with Crippen LogP contribution in [0.15, 0.2) is 6.33 Å².